The molecule has 88 valence electrons. The molecule has 0 fully saturated rings. The molecule has 0 aliphatic carbocycles. The van der Waals surface area contributed by atoms with Crippen molar-refractivity contribution in [1.29, 1.82) is 0 Å². The highest BCUT2D eigenvalue weighted by atomic mass is 35.5. The number of anilines is 1. The van der Waals surface area contributed by atoms with Crippen LogP contribution in [0.2, 0.25) is 5.15 Å². The van der Waals surface area contributed by atoms with E-state index in [1.165, 1.54) is 0 Å². The quantitative estimate of drug-likeness (QED) is 0.632. The van der Waals surface area contributed by atoms with Crippen LogP contribution in [-0.2, 0) is 4.79 Å². The fourth-order valence-corrected chi connectivity index (χ4v) is 1.49. The molecule has 3 nitrogen and oxygen atoms in total. The van der Waals surface area contributed by atoms with Gasteiger partial charge in [-0.15, -0.1) is 0 Å². The van der Waals surface area contributed by atoms with Gasteiger partial charge in [-0.05, 0) is 25.0 Å². The first-order chi connectivity index (χ1) is 7.63. The van der Waals surface area contributed by atoms with Crippen molar-refractivity contribution in [2.75, 3.05) is 5.32 Å². The maximum Gasteiger partial charge on any atom is 0.224 e. The van der Waals surface area contributed by atoms with Crippen molar-refractivity contribution in [3.05, 3.63) is 23.0 Å². The summed E-state index contributed by atoms with van der Waals surface area (Å²) in [5, 5.41) is 3.28. The van der Waals surface area contributed by atoms with Gasteiger partial charge in [0, 0.05) is 6.42 Å². The second-order valence-electron chi connectivity index (χ2n) is 3.84. The number of aromatic nitrogens is 1. The highest BCUT2D eigenvalue weighted by Crippen LogP contribution is 2.16. The molecule has 0 aromatic carbocycles. The molecule has 0 radical (unpaired) electrons. The molecule has 1 amide bonds. The van der Waals surface area contributed by atoms with Crippen molar-refractivity contribution in [3.8, 4) is 0 Å². The molecule has 0 aliphatic rings. The van der Waals surface area contributed by atoms with E-state index in [0.717, 1.165) is 24.8 Å². The average molecular weight is 241 g/mol. The molecule has 16 heavy (non-hydrogen) atoms. The highest BCUT2D eigenvalue weighted by Gasteiger charge is 2.03. The van der Waals surface area contributed by atoms with Crippen molar-refractivity contribution in [2.24, 2.45) is 0 Å². The van der Waals surface area contributed by atoms with E-state index in [-0.39, 0.29) is 5.91 Å². The van der Waals surface area contributed by atoms with Gasteiger partial charge in [-0.1, -0.05) is 31.4 Å². The predicted molar refractivity (Wildman–Crippen MR) is 66.8 cm³/mol. The number of nitrogens with zero attached hydrogens (tertiary/aromatic N) is 1. The average Bonchev–Trinajstić information content (AvgIpc) is 2.24. The van der Waals surface area contributed by atoms with Crippen LogP contribution in [0.3, 0.4) is 0 Å². The lowest BCUT2D eigenvalue weighted by atomic mass is 10.2. The molecule has 1 heterocycles. The van der Waals surface area contributed by atoms with Gasteiger partial charge in [-0.25, -0.2) is 4.98 Å². The number of aryl methyl sites for hydroxylation is 1. The van der Waals surface area contributed by atoms with Crippen LogP contribution >= 0.6 is 11.6 Å². The third kappa shape index (κ3) is 4.19. The summed E-state index contributed by atoms with van der Waals surface area (Å²) in [5.41, 5.74) is 1.58. The van der Waals surface area contributed by atoms with E-state index in [0.29, 0.717) is 17.3 Å². The largest absolute Gasteiger partial charge is 0.325 e. The van der Waals surface area contributed by atoms with Crippen LogP contribution in [0.15, 0.2) is 12.3 Å². The first-order valence-electron chi connectivity index (χ1n) is 5.55. The van der Waals surface area contributed by atoms with E-state index >= 15 is 0 Å². The van der Waals surface area contributed by atoms with Crippen molar-refractivity contribution >= 4 is 23.2 Å². The Morgan fingerprint density at radius 1 is 1.50 bits per heavy atom. The lowest BCUT2D eigenvalue weighted by Crippen LogP contribution is -2.11. The summed E-state index contributed by atoms with van der Waals surface area (Å²) in [5.74, 6) is 0.0389. The van der Waals surface area contributed by atoms with Gasteiger partial charge >= 0.3 is 0 Å². The molecule has 0 aliphatic heterocycles. The van der Waals surface area contributed by atoms with Crippen LogP contribution in [-0.4, -0.2) is 10.9 Å². The number of carbonyl (C=O) groups excluding carboxylic acids is 1. The molecular weight excluding hydrogens is 224 g/mol. The Bertz CT molecular complexity index is 366. The second-order valence-corrected chi connectivity index (χ2v) is 4.19. The van der Waals surface area contributed by atoms with Gasteiger partial charge in [-0.3, -0.25) is 4.79 Å². The molecule has 1 aromatic rings. The SMILES string of the molecule is CCCCCC(=O)Nc1cnc(Cl)c(C)c1. The molecule has 1 aromatic heterocycles. The molecule has 0 saturated heterocycles. The van der Waals surface area contributed by atoms with Crippen LogP contribution < -0.4 is 5.32 Å². The number of pyridine rings is 1. The third-order valence-electron chi connectivity index (χ3n) is 2.31. The molecule has 0 saturated carbocycles. The fraction of sp³-hybridized carbons (Fsp3) is 0.500. The number of rotatable bonds is 5. The summed E-state index contributed by atoms with van der Waals surface area (Å²) in [6.45, 7) is 3.98. The zero-order chi connectivity index (χ0) is 12.0. The summed E-state index contributed by atoms with van der Waals surface area (Å²) in [6.07, 6.45) is 5.28. The summed E-state index contributed by atoms with van der Waals surface area (Å²) in [6, 6.07) is 1.83. The molecule has 0 unspecified atom stereocenters. The van der Waals surface area contributed by atoms with E-state index in [2.05, 4.69) is 17.2 Å². The van der Waals surface area contributed by atoms with E-state index in [1.54, 1.807) is 6.20 Å². The Morgan fingerprint density at radius 2 is 2.25 bits per heavy atom. The number of hydrogen-bond donors (Lipinski definition) is 1. The van der Waals surface area contributed by atoms with E-state index in [1.807, 2.05) is 13.0 Å². The molecule has 4 heteroatoms. The van der Waals surface area contributed by atoms with Crippen LogP contribution in [0.1, 0.15) is 38.2 Å². The van der Waals surface area contributed by atoms with E-state index in [4.69, 9.17) is 11.6 Å². The number of hydrogen-bond acceptors (Lipinski definition) is 2. The number of halogens is 1. The molecule has 0 bridgehead atoms. The van der Waals surface area contributed by atoms with E-state index < -0.39 is 0 Å². The minimum atomic E-state index is 0.0389. The Kier molecular flexibility index (Phi) is 5.26. The Labute approximate surface area is 101 Å². The predicted octanol–water partition coefficient (Wildman–Crippen LogP) is 3.56. The summed E-state index contributed by atoms with van der Waals surface area (Å²) >= 11 is 5.80. The minimum Gasteiger partial charge on any atom is -0.325 e. The van der Waals surface area contributed by atoms with Gasteiger partial charge in [0.25, 0.3) is 0 Å². The first kappa shape index (κ1) is 13.0. The van der Waals surface area contributed by atoms with Gasteiger partial charge in [0.15, 0.2) is 0 Å². The molecule has 1 rings (SSSR count). The zero-order valence-electron chi connectivity index (χ0n) is 9.72. The third-order valence-corrected chi connectivity index (χ3v) is 2.70. The van der Waals surface area contributed by atoms with E-state index in [9.17, 15) is 4.79 Å². The van der Waals surface area contributed by atoms with Gasteiger partial charge in [0.05, 0.1) is 11.9 Å². The summed E-state index contributed by atoms with van der Waals surface area (Å²) in [4.78, 5) is 15.5. The van der Waals surface area contributed by atoms with Gasteiger partial charge in [-0.2, -0.15) is 0 Å². The monoisotopic (exact) mass is 240 g/mol. The minimum absolute atomic E-state index is 0.0389. The lowest BCUT2D eigenvalue weighted by molar-refractivity contribution is -0.116. The first-order valence-corrected chi connectivity index (χ1v) is 5.93. The maximum atomic E-state index is 11.5. The number of carbonyl (C=O) groups is 1. The summed E-state index contributed by atoms with van der Waals surface area (Å²) in [7, 11) is 0. The number of unbranched alkanes of at least 4 members (excludes halogenated alkanes) is 2. The Balaban J connectivity index is 2.46. The van der Waals surface area contributed by atoms with Crippen molar-refractivity contribution in [1.82, 2.24) is 4.98 Å². The van der Waals surface area contributed by atoms with Gasteiger partial charge in [0.1, 0.15) is 5.15 Å². The van der Waals surface area contributed by atoms with Crippen LogP contribution in [0.5, 0.6) is 0 Å². The second kappa shape index (κ2) is 6.48. The molecule has 0 spiro atoms. The van der Waals surface area contributed by atoms with Crippen LogP contribution in [0, 0.1) is 6.92 Å². The normalized spacial score (nSPS) is 10.2. The number of nitrogens with one attached hydrogen (secondary N) is 1. The molecule has 1 N–H and O–H groups in total. The fourth-order valence-electron chi connectivity index (χ4n) is 1.39. The zero-order valence-corrected chi connectivity index (χ0v) is 10.5. The van der Waals surface area contributed by atoms with Crippen molar-refractivity contribution in [2.45, 2.75) is 39.5 Å². The standard InChI is InChI=1S/C12H17ClN2O/c1-3-4-5-6-11(16)15-10-7-9(2)12(13)14-8-10/h7-8H,3-6H2,1-2H3,(H,15,16). The molecule has 0 atom stereocenters. The Hall–Kier alpha value is -1.09. The highest BCUT2D eigenvalue weighted by molar-refractivity contribution is 6.30. The lowest BCUT2D eigenvalue weighted by Gasteiger charge is -2.05. The Morgan fingerprint density at radius 3 is 2.88 bits per heavy atom. The van der Waals surface area contributed by atoms with Gasteiger partial charge in [0.2, 0.25) is 5.91 Å². The van der Waals surface area contributed by atoms with Crippen LogP contribution in [0.25, 0.3) is 0 Å². The van der Waals surface area contributed by atoms with Gasteiger partial charge < -0.3 is 5.32 Å². The number of amides is 1. The maximum absolute atomic E-state index is 11.5. The van der Waals surface area contributed by atoms with Crippen LogP contribution in [0.4, 0.5) is 5.69 Å². The smallest absolute Gasteiger partial charge is 0.224 e. The topological polar surface area (TPSA) is 42.0 Å². The van der Waals surface area contributed by atoms with Crippen molar-refractivity contribution < 1.29 is 4.79 Å². The van der Waals surface area contributed by atoms with Crippen molar-refractivity contribution in [3.63, 3.8) is 0 Å². The molecular formula is C12H17ClN2O. The summed E-state index contributed by atoms with van der Waals surface area (Å²) < 4.78 is 0.